The molecule has 2 heterocycles. The molecule has 0 saturated carbocycles. The van der Waals surface area contributed by atoms with Gasteiger partial charge in [-0.05, 0) is 107 Å². The molecule has 0 radical (unpaired) electrons. The van der Waals surface area contributed by atoms with Gasteiger partial charge in [-0.3, -0.25) is 4.79 Å². The number of aliphatic hydroxyl groups is 3. The van der Waals surface area contributed by atoms with Crippen molar-refractivity contribution in [1.82, 2.24) is 0 Å². The number of carbonyl (C=O) groups excluding carboxylic acids is 5. The predicted molar refractivity (Wildman–Crippen MR) is 633 cm³/mol. The Morgan fingerprint density at radius 1 is 0.247 bits per heavy atom. The summed E-state index contributed by atoms with van der Waals surface area (Å²) in [6.07, 6.45) is 93.8. The lowest BCUT2D eigenvalue weighted by molar-refractivity contribution is -0.377. The van der Waals surface area contributed by atoms with Gasteiger partial charge in [0.1, 0.15) is 31.0 Å². The number of unbranched alkanes of at least 4 members (excludes halogenated alkanes) is 70. The van der Waals surface area contributed by atoms with Crippen molar-refractivity contribution in [2.75, 3.05) is 13.2 Å². The van der Waals surface area contributed by atoms with Crippen LogP contribution in [0.15, 0.2) is 46.6 Å². The summed E-state index contributed by atoms with van der Waals surface area (Å²) in [5.41, 5.74) is 1.18. The fourth-order valence-corrected chi connectivity index (χ4v) is 23.4. The first-order valence-corrected chi connectivity index (χ1v) is 65.4. The number of hydrogen-bond donors (Lipinski definition) is 3. The maximum absolute atomic E-state index is 15.1. The third kappa shape index (κ3) is 76.7. The minimum absolute atomic E-state index is 0.00187. The van der Waals surface area contributed by atoms with Crippen LogP contribution in [0.1, 0.15) is 657 Å². The van der Waals surface area contributed by atoms with Gasteiger partial charge in [0.05, 0.1) is 6.61 Å². The molecule has 2 fully saturated rings. The molecule has 2 aliphatic rings. The van der Waals surface area contributed by atoms with Crippen LogP contribution in [0.25, 0.3) is 0 Å². The Bertz CT molecular complexity index is 3270. The van der Waals surface area contributed by atoms with E-state index in [0.717, 1.165) is 103 Å². The lowest BCUT2D eigenvalue weighted by Gasteiger charge is -2.47. The molecule has 150 heavy (non-hydrogen) atoms. The first-order valence-electron chi connectivity index (χ1n) is 65.4. The van der Waals surface area contributed by atoms with E-state index in [1.165, 1.54) is 424 Å². The number of esters is 5. The monoisotopic (exact) mass is 2110 g/mol. The molecule has 2 rings (SSSR count). The fourth-order valence-electron chi connectivity index (χ4n) is 23.4. The highest BCUT2D eigenvalue weighted by molar-refractivity contribution is 5.89. The van der Waals surface area contributed by atoms with E-state index in [0.29, 0.717) is 41.2 Å². The molecule has 0 aromatic heterocycles. The van der Waals surface area contributed by atoms with Gasteiger partial charge >= 0.3 is 29.8 Å². The summed E-state index contributed by atoms with van der Waals surface area (Å²) in [4.78, 5) is 74.2. The van der Waals surface area contributed by atoms with Crippen molar-refractivity contribution in [3.8, 4) is 0 Å². The second-order valence-corrected chi connectivity index (χ2v) is 48.9. The molecule has 880 valence electrons. The largest absolute Gasteiger partial charge is 0.459 e. The third-order valence-electron chi connectivity index (χ3n) is 32.8. The highest BCUT2D eigenvalue weighted by Gasteiger charge is 2.56. The van der Waals surface area contributed by atoms with Gasteiger partial charge in [-0.2, -0.15) is 0 Å². The van der Waals surface area contributed by atoms with Crippen LogP contribution in [0.3, 0.4) is 0 Å². The van der Waals surface area contributed by atoms with Gasteiger partial charge in [0, 0.05) is 28.7 Å². The minimum Gasteiger partial charge on any atom is -0.459 e. The van der Waals surface area contributed by atoms with Crippen LogP contribution in [0.4, 0.5) is 0 Å². The fraction of sp³-hybridized carbons (Fsp3) is 0.903. The minimum atomic E-state index is -1.92. The lowest BCUT2D eigenvalue weighted by Crippen LogP contribution is -2.66. The van der Waals surface area contributed by atoms with Gasteiger partial charge in [-0.1, -0.05) is 615 Å². The van der Waals surface area contributed by atoms with Crippen molar-refractivity contribution in [2.45, 2.75) is 718 Å². The van der Waals surface area contributed by atoms with Gasteiger partial charge in [-0.25, -0.2) is 19.2 Å². The SMILES string of the molecule is CCCCCCCCCCCCCCCCCCCC[C@H](C)C[C@H](C)/C=C(\C)C(=O)O[C@H]1C(O)[C@H](OC(=O)/C(C)=C/[C@@H](C)C[C@@H](C)CCCCCCCCCCCCCCCCCC)C(CO)O[C@@H]1O[C@H]1OC(COC(=O)/C(C)=C/[C@@H](C)C[C@@H](C)CCCCCCCCCCCCCCCC)[C@@H](O)C(OC(=O)/C(C)=C/[C@@H](C)C[C@@H](C)CCCCCCCCCCCCCCCC)[C@H]1OC(=O)CCCCCCCCCCCCCCC. The second-order valence-electron chi connectivity index (χ2n) is 48.9. The molecular weight excluding hydrogens is 1870 g/mol. The first kappa shape index (κ1) is 142. The van der Waals surface area contributed by atoms with Crippen LogP contribution in [0.5, 0.6) is 0 Å². The van der Waals surface area contributed by atoms with Crippen molar-refractivity contribution in [3.05, 3.63) is 46.6 Å². The zero-order valence-electron chi connectivity index (χ0n) is 102. The molecule has 0 aliphatic carbocycles. The summed E-state index contributed by atoms with van der Waals surface area (Å²) in [7, 11) is 0. The topological polar surface area (TPSA) is 220 Å². The van der Waals surface area contributed by atoms with Crippen LogP contribution in [0, 0.1) is 47.3 Å². The Hall–Kier alpha value is -3.93. The highest BCUT2D eigenvalue weighted by atomic mass is 16.8. The van der Waals surface area contributed by atoms with Crippen LogP contribution in [-0.4, -0.2) is 120 Å². The Labute approximate surface area is 927 Å². The van der Waals surface area contributed by atoms with Crippen molar-refractivity contribution in [3.63, 3.8) is 0 Å². The molecule has 16 heteroatoms. The van der Waals surface area contributed by atoms with E-state index in [4.69, 9.17) is 37.9 Å². The van der Waals surface area contributed by atoms with Gasteiger partial charge in [-0.15, -0.1) is 0 Å². The molecule has 0 amide bonds. The molecule has 18 atom stereocenters. The molecule has 2 aliphatic heterocycles. The van der Waals surface area contributed by atoms with Gasteiger partial charge < -0.3 is 53.2 Å². The Morgan fingerprint density at radius 3 is 0.700 bits per heavy atom. The zero-order valence-corrected chi connectivity index (χ0v) is 102. The number of rotatable bonds is 105. The summed E-state index contributed by atoms with van der Waals surface area (Å²) in [5.74, 6) is -2.17. The molecular formula is C134H248O16. The van der Waals surface area contributed by atoms with E-state index in [2.05, 4.69) is 90.0 Å². The van der Waals surface area contributed by atoms with Crippen LogP contribution >= 0.6 is 0 Å². The molecule has 0 bridgehead atoms. The number of carbonyl (C=O) groups is 5. The zero-order chi connectivity index (χ0) is 110. The number of allylic oxidation sites excluding steroid dienone is 4. The van der Waals surface area contributed by atoms with E-state index in [1.807, 2.05) is 24.3 Å². The molecule has 2 saturated heterocycles. The Balaban J connectivity index is 2.69. The third-order valence-corrected chi connectivity index (χ3v) is 32.8. The molecule has 16 nitrogen and oxygen atoms in total. The van der Waals surface area contributed by atoms with Crippen molar-refractivity contribution in [2.24, 2.45) is 47.3 Å². The van der Waals surface area contributed by atoms with E-state index >= 15 is 9.59 Å². The predicted octanol–water partition coefficient (Wildman–Crippen LogP) is 39.1. The van der Waals surface area contributed by atoms with Crippen LogP contribution < -0.4 is 0 Å². The van der Waals surface area contributed by atoms with Crippen molar-refractivity contribution >= 4 is 29.8 Å². The molecule has 0 spiro atoms. The summed E-state index contributed by atoms with van der Waals surface area (Å²) >= 11 is 0. The Morgan fingerprint density at radius 2 is 0.453 bits per heavy atom. The standard InChI is InChI=1S/C134H248O16/c1-18-23-28-33-38-43-48-53-57-59-60-62-67-71-76-81-86-91-96-111(9)101-115(13)105-119(17)132(142)149-127-124(138)125(147-130(140)117(15)103-113(11)99-109(7)94-89-84-80-75-70-66-61-58-54-49-44-39-34-29-24-19-2)120(106-135)144-133(127)150-134-128(146-122(136)97-92-87-82-77-72-63-52-47-42-37-32-27-22-5)126(148-131(141)118(16)104-114(12)100-110(8)95-90-85-79-74-69-65-56-51-46-41-36-31-26-21-4)123(137)121(145-134)107-143-129(139)116(14)102-112(10)98-108(6)93-88-83-78-73-68-64-55-50-45-40-35-30-25-20-3/h102-105,108-115,120-121,123-128,133-135,137-138H,18-101,106-107H2,1-17H3/b116-102+,117-103+,118-104+,119-105+/t108-,109-,110-,111-,112-,113-,114-,115-,120?,121?,123+,124?,125+,126?,127-,128+,133+,134+/m0/s1. The molecule has 4 unspecified atom stereocenters. The van der Waals surface area contributed by atoms with E-state index in [1.54, 1.807) is 27.7 Å². The normalized spacial score (nSPS) is 20.1. The number of aliphatic hydroxyl groups excluding tert-OH is 3. The average molecular weight is 2120 g/mol. The quantitative estimate of drug-likeness (QED) is 0.0223. The number of hydrogen-bond acceptors (Lipinski definition) is 16. The van der Waals surface area contributed by atoms with E-state index in [9.17, 15) is 29.7 Å². The van der Waals surface area contributed by atoms with Crippen molar-refractivity contribution in [1.29, 1.82) is 0 Å². The maximum atomic E-state index is 15.1. The van der Waals surface area contributed by atoms with Gasteiger partial charge in [0.25, 0.3) is 0 Å². The summed E-state index contributed by atoms with van der Waals surface area (Å²) < 4.78 is 52.3. The molecule has 3 N–H and O–H groups in total. The Kier molecular flexibility index (Phi) is 93.1. The van der Waals surface area contributed by atoms with Crippen LogP contribution in [-0.2, 0) is 61.9 Å². The average Bonchev–Trinajstić information content (AvgIpc) is 0.769. The van der Waals surface area contributed by atoms with E-state index in [-0.39, 0.29) is 41.2 Å². The summed E-state index contributed by atoms with van der Waals surface area (Å²) in [5, 5.41) is 37.6. The van der Waals surface area contributed by atoms with Gasteiger partial charge in [0.2, 0.25) is 12.6 Å². The summed E-state index contributed by atoms with van der Waals surface area (Å²) in [6.45, 7) is 34.2. The maximum Gasteiger partial charge on any atom is 0.333 e. The summed E-state index contributed by atoms with van der Waals surface area (Å²) in [6, 6.07) is 0. The first-order chi connectivity index (χ1) is 72.7. The second kappa shape index (κ2) is 98.2. The van der Waals surface area contributed by atoms with Crippen molar-refractivity contribution < 1.29 is 77.2 Å². The molecule has 0 aromatic rings. The highest BCUT2D eigenvalue weighted by Crippen LogP contribution is 2.38. The lowest BCUT2D eigenvalue weighted by atomic mass is 9.91. The number of ether oxygens (including phenoxy) is 8. The van der Waals surface area contributed by atoms with Gasteiger partial charge in [0.15, 0.2) is 24.4 Å². The van der Waals surface area contributed by atoms with Crippen LogP contribution in [0.2, 0.25) is 0 Å². The smallest absolute Gasteiger partial charge is 0.333 e. The molecule has 0 aromatic carbocycles. The van der Waals surface area contributed by atoms with E-state index < -0.39 is 104 Å².